The Hall–Kier alpha value is -3.06. The van der Waals surface area contributed by atoms with Gasteiger partial charge < -0.3 is 20.3 Å². The highest BCUT2D eigenvalue weighted by atomic mass is 35.5. The summed E-state index contributed by atoms with van der Waals surface area (Å²) in [6.45, 7) is 4.57. The third-order valence-electron chi connectivity index (χ3n) is 6.09. The standard InChI is InChI=1S/C23H22ClFN4O2/c1-13(30)28-6-8-29(9-7-28)23-15-11-16(24)20-14(22(15)27-12-18(23)26)5-10-31-19-4-2-3-17(25)21(19)20/h2-4,11-12H,5-10,26H2,1H3. The van der Waals surface area contributed by atoms with E-state index in [1.54, 1.807) is 25.3 Å². The number of hydrogen-bond donors (Lipinski definition) is 1. The predicted octanol–water partition coefficient (Wildman–Crippen LogP) is 3.88. The van der Waals surface area contributed by atoms with E-state index in [0.717, 1.165) is 22.2 Å². The maximum atomic E-state index is 14.8. The number of hydrogen-bond acceptors (Lipinski definition) is 5. The number of piperazine rings is 1. The summed E-state index contributed by atoms with van der Waals surface area (Å²) >= 11 is 6.76. The van der Waals surface area contributed by atoms with Crippen molar-refractivity contribution in [1.29, 1.82) is 0 Å². The SMILES string of the molecule is CC(=O)N1CCN(c2c(N)cnc3c4c(c(Cl)cc23)-c2c(F)cccc2OCC4)CC1. The number of benzene rings is 2. The minimum Gasteiger partial charge on any atom is -0.492 e. The van der Waals surface area contributed by atoms with E-state index >= 15 is 0 Å². The second-order valence-corrected chi connectivity index (χ2v) is 8.28. The Balaban J connectivity index is 1.69. The zero-order chi connectivity index (χ0) is 21.7. The van der Waals surface area contributed by atoms with Crippen molar-refractivity contribution in [2.24, 2.45) is 0 Å². The Bertz CT molecular complexity index is 1210. The summed E-state index contributed by atoms with van der Waals surface area (Å²) in [6.07, 6.45) is 2.20. The van der Waals surface area contributed by atoms with Gasteiger partial charge in [0.05, 0.1) is 35.3 Å². The van der Waals surface area contributed by atoms with Gasteiger partial charge >= 0.3 is 0 Å². The number of carbonyl (C=O) groups is 1. The first-order valence-electron chi connectivity index (χ1n) is 10.3. The second kappa shape index (κ2) is 7.57. The van der Waals surface area contributed by atoms with Gasteiger partial charge in [-0.2, -0.15) is 0 Å². The Morgan fingerprint density at radius 3 is 2.74 bits per heavy atom. The Morgan fingerprint density at radius 1 is 1.23 bits per heavy atom. The molecule has 1 fully saturated rings. The summed E-state index contributed by atoms with van der Waals surface area (Å²) in [7, 11) is 0. The number of anilines is 2. The average molecular weight is 441 g/mol. The summed E-state index contributed by atoms with van der Waals surface area (Å²) in [5, 5.41) is 1.27. The number of nitrogens with two attached hydrogens (primary N) is 1. The number of nitrogens with zero attached hydrogens (tertiary/aromatic N) is 3. The molecule has 3 aromatic rings. The van der Waals surface area contributed by atoms with E-state index in [2.05, 4.69) is 9.88 Å². The number of pyridine rings is 1. The molecular formula is C23H22ClFN4O2. The van der Waals surface area contributed by atoms with Crippen LogP contribution in [0.1, 0.15) is 12.5 Å². The van der Waals surface area contributed by atoms with Crippen molar-refractivity contribution in [2.45, 2.75) is 13.3 Å². The third kappa shape index (κ3) is 3.24. The molecular weight excluding hydrogens is 419 g/mol. The fourth-order valence-electron chi connectivity index (χ4n) is 4.61. The highest BCUT2D eigenvalue weighted by molar-refractivity contribution is 6.35. The van der Waals surface area contributed by atoms with Gasteiger partial charge in [-0.3, -0.25) is 9.78 Å². The van der Waals surface area contributed by atoms with Crippen LogP contribution in [0.3, 0.4) is 0 Å². The zero-order valence-corrected chi connectivity index (χ0v) is 17.9. The van der Waals surface area contributed by atoms with Crippen LogP contribution in [0, 0.1) is 5.82 Å². The van der Waals surface area contributed by atoms with Crippen LogP contribution in [-0.2, 0) is 11.2 Å². The van der Waals surface area contributed by atoms with E-state index in [9.17, 15) is 9.18 Å². The van der Waals surface area contributed by atoms with Gasteiger partial charge in [0, 0.05) is 55.5 Å². The molecule has 0 radical (unpaired) electrons. The van der Waals surface area contributed by atoms with E-state index in [0.29, 0.717) is 66.8 Å². The number of fused-ring (bicyclic) bond motifs is 5. The molecule has 0 spiro atoms. The molecule has 0 aliphatic carbocycles. The van der Waals surface area contributed by atoms with Gasteiger partial charge in [0.25, 0.3) is 0 Å². The first-order valence-corrected chi connectivity index (χ1v) is 10.6. The van der Waals surface area contributed by atoms with Crippen LogP contribution < -0.4 is 15.4 Å². The Labute approximate surface area is 184 Å². The lowest BCUT2D eigenvalue weighted by molar-refractivity contribution is -0.129. The molecule has 2 aromatic carbocycles. The number of nitrogen functional groups attached to an aromatic ring is 1. The largest absolute Gasteiger partial charge is 0.492 e. The van der Waals surface area contributed by atoms with Crippen molar-refractivity contribution in [3.8, 4) is 16.9 Å². The molecule has 2 aliphatic heterocycles. The van der Waals surface area contributed by atoms with E-state index in [4.69, 9.17) is 22.1 Å². The summed E-state index contributed by atoms with van der Waals surface area (Å²) < 4.78 is 20.6. The molecule has 0 bridgehead atoms. The fourth-order valence-corrected chi connectivity index (χ4v) is 4.93. The Morgan fingerprint density at radius 2 is 2.00 bits per heavy atom. The lowest BCUT2D eigenvalue weighted by Gasteiger charge is -2.36. The minimum atomic E-state index is -0.377. The number of amides is 1. The number of rotatable bonds is 1. The number of aromatic nitrogens is 1. The summed E-state index contributed by atoms with van der Waals surface area (Å²) in [6, 6.07) is 6.62. The fraction of sp³-hybridized carbons (Fsp3) is 0.304. The van der Waals surface area contributed by atoms with Gasteiger partial charge in [0.15, 0.2) is 0 Å². The van der Waals surface area contributed by atoms with E-state index in [1.807, 2.05) is 11.0 Å². The average Bonchev–Trinajstić information content (AvgIpc) is 2.95. The summed E-state index contributed by atoms with van der Waals surface area (Å²) in [5.74, 6) is 0.176. The van der Waals surface area contributed by atoms with E-state index in [1.165, 1.54) is 6.07 Å². The van der Waals surface area contributed by atoms with Crippen LogP contribution >= 0.6 is 11.6 Å². The molecule has 160 valence electrons. The summed E-state index contributed by atoms with van der Waals surface area (Å²) in [5.41, 5.74) is 10.4. The van der Waals surface area contributed by atoms with Crippen LogP contribution in [0.15, 0.2) is 30.5 Å². The third-order valence-corrected chi connectivity index (χ3v) is 6.39. The maximum Gasteiger partial charge on any atom is 0.219 e. The number of ether oxygens (including phenoxy) is 1. The van der Waals surface area contributed by atoms with Gasteiger partial charge in [-0.05, 0) is 23.8 Å². The number of halogens is 2. The smallest absolute Gasteiger partial charge is 0.219 e. The molecule has 2 aliphatic rings. The molecule has 1 amide bonds. The highest BCUT2D eigenvalue weighted by Crippen LogP contribution is 2.46. The molecule has 1 aromatic heterocycles. The van der Waals surface area contributed by atoms with Crippen LogP contribution in [0.5, 0.6) is 5.75 Å². The molecule has 0 atom stereocenters. The molecule has 0 saturated carbocycles. The first kappa shape index (κ1) is 19.9. The molecule has 2 N–H and O–H groups in total. The van der Waals surface area contributed by atoms with Gasteiger partial charge in [0.2, 0.25) is 5.91 Å². The van der Waals surface area contributed by atoms with Crippen molar-refractivity contribution in [3.05, 3.63) is 46.9 Å². The topological polar surface area (TPSA) is 71.7 Å². The Kier molecular flexibility index (Phi) is 4.85. The molecule has 31 heavy (non-hydrogen) atoms. The van der Waals surface area contributed by atoms with Crippen molar-refractivity contribution < 1.29 is 13.9 Å². The second-order valence-electron chi connectivity index (χ2n) is 7.87. The van der Waals surface area contributed by atoms with Crippen LogP contribution in [0.2, 0.25) is 5.02 Å². The molecule has 3 heterocycles. The van der Waals surface area contributed by atoms with Crippen molar-refractivity contribution >= 4 is 39.8 Å². The van der Waals surface area contributed by atoms with E-state index in [-0.39, 0.29) is 11.7 Å². The quantitative estimate of drug-likeness (QED) is 0.621. The van der Waals surface area contributed by atoms with Crippen LogP contribution in [0.25, 0.3) is 22.0 Å². The van der Waals surface area contributed by atoms with Crippen LogP contribution in [0.4, 0.5) is 15.8 Å². The van der Waals surface area contributed by atoms with E-state index < -0.39 is 0 Å². The van der Waals surface area contributed by atoms with Crippen molar-refractivity contribution in [2.75, 3.05) is 43.4 Å². The maximum absolute atomic E-state index is 14.8. The van der Waals surface area contributed by atoms with Crippen molar-refractivity contribution in [3.63, 3.8) is 0 Å². The molecule has 8 heteroatoms. The van der Waals surface area contributed by atoms with Gasteiger partial charge in [-0.15, -0.1) is 0 Å². The summed E-state index contributed by atoms with van der Waals surface area (Å²) in [4.78, 5) is 20.3. The normalized spacial score (nSPS) is 15.8. The molecule has 5 rings (SSSR count). The predicted molar refractivity (Wildman–Crippen MR) is 120 cm³/mol. The van der Waals surface area contributed by atoms with Crippen LogP contribution in [-0.4, -0.2) is 48.6 Å². The van der Waals surface area contributed by atoms with Gasteiger partial charge in [-0.25, -0.2) is 4.39 Å². The minimum absolute atomic E-state index is 0.0706. The zero-order valence-electron chi connectivity index (χ0n) is 17.1. The lowest BCUT2D eigenvalue weighted by Crippen LogP contribution is -2.48. The van der Waals surface area contributed by atoms with Gasteiger partial charge in [-0.1, -0.05) is 17.7 Å². The number of carbonyl (C=O) groups excluding carboxylic acids is 1. The molecule has 1 saturated heterocycles. The molecule has 0 unspecified atom stereocenters. The molecule has 6 nitrogen and oxygen atoms in total. The van der Waals surface area contributed by atoms with Crippen molar-refractivity contribution in [1.82, 2.24) is 9.88 Å². The lowest BCUT2D eigenvalue weighted by atomic mass is 9.93. The monoisotopic (exact) mass is 440 g/mol. The highest BCUT2D eigenvalue weighted by Gasteiger charge is 2.27. The first-order chi connectivity index (χ1) is 15.0. The van der Waals surface area contributed by atoms with Gasteiger partial charge in [0.1, 0.15) is 11.6 Å².